The monoisotopic (exact) mass is 428 g/mol. The molecule has 2 aromatic carbocycles. The Kier molecular flexibility index (Phi) is 5.55. The SMILES string of the molecule is CC(C)(C)C(N)C1CCN(CCN2c3ccccc3N(c3ccccc3)S2(=O)=O)C1. The van der Waals surface area contributed by atoms with E-state index in [-0.39, 0.29) is 11.5 Å². The quantitative estimate of drug-likeness (QED) is 0.790. The lowest BCUT2D eigenvalue weighted by molar-refractivity contribution is 0.230. The van der Waals surface area contributed by atoms with E-state index in [0.717, 1.165) is 25.2 Å². The number of nitrogens with zero attached hydrogens (tertiary/aromatic N) is 3. The van der Waals surface area contributed by atoms with E-state index in [2.05, 4.69) is 25.7 Å². The van der Waals surface area contributed by atoms with Gasteiger partial charge < -0.3 is 10.6 Å². The minimum Gasteiger partial charge on any atom is -0.327 e. The third kappa shape index (κ3) is 3.82. The summed E-state index contributed by atoms with van der Waals surface area (Å²) in [6, 6.07) is 16.9. The minimum atomic E-state index is -3.67. The Morgan fingerprint density at radius 1 is 1.00 bits per heavy atom. The van der Waals surface area contributed by atoms with Gasteiger partial charge in [-0.2, -0.15) is 8.42 Å². The largest absolute Gasteiger partial charge is 0.331 e. The maximum absolute atomic E-state index is 13.5. The summed E-state index contributed by atoms with van der Waals surface area (Å²) < 4.78 is 29.9. The lowest BCUT2D eigenvalue weighted by atomic mass is 9.79. The van der Waals surface area contributed by atoms with E-state index in [1.54, 1.807) is 4.31 Å². The number of rotatable bonds is 5. The van der Waals surface area contributed by atoms with Crippen LogP contribution in [-0.4, -0.2) is 45.5 Å². The van der Waals surface area contributed by atoms with Crippen molar-refractivity contribution in [3.05, 3.63) is 54.6 Å². The normalized spacial score (nSPS) is 22.3. The summed E-state index contributed by atoms with van der Waals surface area (Å²) in [5.74, 6) is 0.452. The Balaban J connectivity index is 1.51. The molecular weight excluding hydrogens is 396 g/mol. The fourth-order valence-corrected chi connectivity index (χ4v) is 6.27. The number of benzene rings is 2. The number of hydrogen-bond acceptors (Lipinski definition) is 4. The number of anilines is 3. The van der Waals surface area contributed by atoms with Gasteiger partial charge in [0.05, 0.1) is 17.1 Å². The molecule has 2 heterocycles. The van der Waals surface area contributed by atoms with Crippen molar-refractivity contribution < 1.29 is 8.42 Å². The number of para-hydroxylation sites is 3. The molecule has 0 saturated carbocycles. The van der Waals surface area contributed by atoms with Crippen molar-refractivity contribution in [3.63, 3.8) is 0 Å². The van der Waals surface area contributed by atoms with Crippen molar-refractivity contribution >= 4 is 27.3 Å². The van der Waals surface area contributed by atoms with Crippen LogP contribution in [-0.2, 0) is 10.2 Å². The first-order chi connectivity index (χ1) is 14.2. The molecule has 2 aromatic rings. The molecule has 0 aliphatic carbocycles. The van der Waals surface area contributed by atoms with Crippen LogP contribution in [0.2, 0.25) is 0 Å². The standard InChI is InChI=1S/C23H32N4O2S/c1-23(2,3)22(24)18-13-14-25(17-18)15-16-26-20-11-7-8-12-21(20)27(30(26,28)29)19-9-5-4-6-10-19/h4-12,18,22H,13-17,24H2,1-3H3. The molecule has 162 valence electrons. The summed E-state index contributed by atoms with van der Waals surface area (Å²) in [5.41, 5.74) is 8.67. The highest BCUT2D eigenvalue weighted by molar-refractivity contribution is 7.95. The second-order valence-electron chi connectivity index (χ2n) is 9.41. The van der Waals surface area contributed by atoms with E-state index in [1.165, 1.54) is 4.31 Å². The van der Waals surface area contributed by atoms with Gasteiger partial charge in [-0.1, -0.05) is 51.1 Å². The van der Waals surface area contributed by atoms with Crippen LogP contribution in [0.25, 0.3) is 0 Å². The Hall–Kier alpha value is -2.09. The molecule has 2 unspecified atom stereocenters. The predicted octanol–water partition coefficient (Wildman–Crippen LogP) is 3.58. The molecule has 2 atom stereocenters. The second-order valence-corrected chi connectivity index (χ2v) is 11.1. The zero-order valence-corrected chi connectivity index (χ0v) is 18.8. The smallest absolute Gasteiger partial charge is 0.327 e. The maximum atomic E-state index is 13.5. The van der Waals surface area contributed by atoms with Gasteiger partial charge in [0.15, 0.2) is 0 Å². The molecule has 1 saturated heterocycles. The third-order valence-electron chi connectivity index (χ3n) is 6.31. The van der Waals surface area contributed by atoms with Gasteiger partial charge in [-0.15, -0.1) is 0 Å². The van der Waals surface area contributed by atoms with Crippen LogP contribution >= 0.6 is 0 Å². The molecule has 2 N–H and O–H groups in total. The van der Waals surface area contributed by atoms with Gasteiger partial charge in [-0.05, 0) is 48.6 Å². The van der Waals surface area contributed by atoms with Crippen molar-refractivity contribution in [1.82, 2.24) is 4.90 Å². The van der Waals surface area contributed by atoms with Crippen molar-refractivity contribution in [2.24, 2.45) is 17.1 Å². The first-order valence-electron chi connectivity index (χ1n) is 10.6. The van der Waals surface area contributed by atoms with Crippen LogP contribution in [0.3, 0.4) is 0 Å². The van der Waals surface area contributed by atoms with Crippen LogP contribution in [0.4, 0.5) is 17.1 Å². The van der Waals surface area contributed by atoms with Crippen LogP contribution in [0, 0.1) is 11.3 Å². The van der Waals surface area contributed by atoms with E-state index in [1.807, 2.05) is 54.6 Å². The van der Waals surface area contributed by atoms with Gasteiger partial charge in [0.25, 0.3) is 0 Å². The molecular formula is C23H32N4O2S. The molecule has 1 fully saturated rings. The van der Waals surface area contributed by atoms with Crippen LogP contribution < -0.4 is 14.3 Å². The van der Waals surface area contributed by atoms with Crippen LogP contribution in [0.15, 0.2) is 54.6 Å². The van der Waals surface area contributed by atoms with E-state index >= 15 is 0 Å². The Bertz CT molecular complexity index is 988. The molecule has 0 spiro atoms. The molecule has 2 aliphatic heterocycles. The average molecular weight is 429 g/mol. The number of likely N-dealkylation sites (tertiary alicyclic amines) is 1. The molecule has 7 heteroatoms. The predicted molar refractivity (Wildman–Crippen MR) is 123 cm³/mol. The first kappa shape index (κ1) is 21.2. The molecule has 4 rings (SSSR count). The van der Waals surface area contributed by atoms with E-state index in [9.17, 15) is 8.42 Å². The minimum absolute atomic E-state index is 0.0775. The average Bonchev–Trinajstić information content (AvgIpc) is 3.25. The summed E-state index contributed by atoms with van der Waals surface area (Å²) in [6.45, 7) is 9.58. The van der Waals surface area contributed by atoms with Gasteiger partial charge in [0, 0.05) is 25.7 Å². The van der Waals surface area contributed by atoms with Gasteiger partial charge in [0.2, 0.25) is 0 Å². The summed E-state index contributed by atoms with van der Waals surface area (Å²) in [6.07, 6.45) is 1.07. The third-order valence-corrected chi connectivity index (χ3v) is 8.11. The highest BCUT2D eigenvalue weighted by Crippen LogP contribution is 2.45. The van der Waals surface area contributed by atoms with E-state index < -0.39 is 10.2 Å². The van der Waals surface area contributed by atoms with Gasteiger partial charge in [-0.3, -0.25) is 0 Å². The molecule has 6 nitrogen and oxygen atoms in total. The Morgan fingerprint density at radius 2 is 1.63 bits per heavy atom. The highest BCUT2D eigenvalue weighted by Gasteiger charge is 2.41. The van der Waals surface area contributed by atoms with Gasteiger partial charge in [0.1, 0.15) is 0 Å². The summed E-state index contributed by atoms with van der Waals surface area (Å²) in [7, 11) is -3.67. The summed E-state index contributed by atoms with van der Waals surface area (Å²) in [4.78, 5) is 2.35. The number of hydrogen-bond donors (Lipinski definition) is 1. The Labute approximate surface area is 180 Å². The topological polar surface area (TPSA) is 69.9 Å². The fraction of sp³-hybridized carbons (Fsp3) is 0.478. The molecule has 30 heavy (non-hydrogen) atoms. The van der Waals surface area contributed by atoms with Gasteiger partial charge >= 0.3 is 10.2 Å². The Morgan fingerprint density at radius 3 is 2.30 bits per heavy atom. The van der Waals surface area contributed by atoms with E-state index in [4.69, 9.17) is 5.73 Å². The zero-order chi connectivity index (χ0) is 21.5. The zero-order valence-electron chi connectivity index (χ0n) is 18.0. The molecule has 0 aromatic heterocycles. The van der Waals surface area contributed by atoms with Crippen molar-refractivity contribution in [2.75, 3.05) is 34.8 Å². The summed E-state index contributed by atoms with van der Waals surface area (Å²) in [5, 5.41) is 0. The molecule has 0 bridgehead atoms. The van der Waals surface area contributed by atoms with E-state index in [0.29, 0.717) is 30.4 Å². The number of nitrogens with two attached hydrogens (primary N) is 1. The van der Waals surface area contributed by atoms with Gasteiger partial charge in [-0.25, -0.2) is 8.61 Å². The second kappa shape index (κ2) is 7.87. The van der Waals surface area contributed by atoms with Crippen molar-refractivity contribution in [1.29, 1.82) is 0 Å². The number of fused-ring (bicyclic) bond motifs is 1. The fourth-order valence-electron chi connectivity index (χ4n) is 4.56. The van der Waals surface area contributed by atoms with Crippen molar-refractivity contribution in [3.8, 4) is 0 Å². The van der Waals surface area contributed by atoms with Crippen LogP contribution in [0.5, 0.6) is 0 Å². The van der Waals surface area contributed by atoms with Crippen molar-refractivity contribution in [2.45, 2.75) is 33.2 Å². The molecule has 0 radical (unpaired) electrons. The van der Waals surface area contributed by atoms with Crippen LogP contribution in [0.1, 0.15) is 27.2 Å². The molecule has 0 amide bonds. The maximum Gasteiger partial charge on any atom is 0.331 e. The highest BCUT2D eigenvalue weighted by atomic mass is 32.2. The summed E-state index contributed by atoms with van der Waals surface area (Å²) >= 11 is 0. The first-order valence-corrected chi connectivity index (χ1v) is 12.0. The molecule has 2 aliphatic rings. The lowest BCUT2D eigenvalue weighted by Gasteiger charge is -2.32. The lowest BCUT2D eigenvalue weighted by Crippen LogP contribution is -2.44.